The van der Waals surface area contributed by atoms with Gasteiger partial charge in [-0.05, 0) is 55.8 Å². The minimum absolute atomic E-state index is 0.0441. The molecule has 10 nitrogen and oxygen atoms in total. The lowest BCUT2D eigenvalue weighted by Gasteiger charge is -2.35. The summed E-state index contributed by atoms with van der Waals surface area (Å²) < 4.78 is 64.5. The summed E-state index contributed by atoms with van der Waals surface area (Å²) in [5.41, 5.74) is -0.854. The molecule has 4 fully saturated rings. The SMILES string of the molecule is C#Cc1c(F)ccc2cc(O)cc(-c3nc(OCCOC)c4c(N5CC6CCC(C5)N6)nc(OC[C@@]56CCCN5C[C@H](F)C6)nc4c3F)c12. The van der Waals surface area contributed by atoms with Crippen LogP contribution in [0.15, 0.2) is 24.3 Å². The maximum Gasteiger partial charge on any atom is 0.319 e. The molecule has 8 rings (SSSR count). The number of benzene rings is 2. The van der Waals surface area contributed by atoms with Crippen LogP contribution in [0.2, 0.25) is 0 Å². The minimum atomic E-state index is -0.943. The maximum absolute atomic E-state index is 17.2. The molecule has 2 unspecified atom stereocenters. The minimum Gasteiger partial charge on any atom is -0.508 e. The van der Waals surface area contributed by atoms with Gasteiger partial charge >= 0.3 is 6.01 Å². The van der Waals surface area contributed by atoms with Gasteiger partial charge in [0.2, 0.25) is 5.88 Å². The van der Waals surface area contributed by atoms with Gasteiger partial charge in [-0.1, -0.05) is 12.0 Å². The number of pyridine rings is 1. The molecule has 4 saturated heterocycles. The molecular formula is C36H37F3N6O4. The third-order valence-corrected chi connectivity index (χ3v) is 10.4. The van der Waals surface area contributed by atoms with Gasteiger partial charge in [-0.15, -0.1) is 6.42 Å². The fourth-order valence-electron chi connectivity index (χ4n) is 8.27. The van der Waals surface area contributed by atoms with E-state index in [2.05, 4.69) is 31.0 Å². The second kappa shape index (κ2) is 12.5. The van der Waals surface area contributed by atoms with E-state index in [0.717, 1.165) is 32.2 Å². The molecule has 256 valence electrons. The van der Waals surface area contributed by atoms with E-state index in [1.807, 2.05) is 0 Å². The highest BCUT2D eigenvalue weighted by atomic mass is 19.1. The van der Waals surface area contributed by atoms with Crippen molar-refractivity contribution in [3.05, 3.63) is 41.5 Å². The smallest absolute Gasteiger partial charge is 0.319 e. The molecule has 2 aromatic heterocycles. The fourth-order valence-corrected chi connectivity index (χ4v) is 8.27. The van der Waals surface area contributed by atoms with Crippen LogP contribution in [0.5, 0.6) is 17.6 Å². The summed E-state index contributed by atoms with van der Waals surface area (Å²) in [5, 5.41) is 15.2. The Kier molecular flexibility index (Phi) is 8.13. The number of hydrogen-bond donors (Lipinski definition) is 2. The summed E-state index contributed by atoms with van der Waals surface area (Å²) in [6, 6.07) is 5.80. The molecule has 2 N–H and O–H groups in total. The average Bonchev–Trinajstić information content (AvgIpc) is 3.74. The standard InChI is InChI=1S/C36H37F3N6O4/c1-3-25-27(38)8-5-20-13-24(46)14-26(28(20)25)31-30(39)32-29(34(41-31)48-12-11-47-2)33(44-17-22-6-7-23(18-44)40-22)43-35(42-32)49-19-36-9-4-10-45(36)16-21(37)15-36/h1,5,8,13-14,21-23,40,46H,4,6-7,9-12,15-19H2,2H3/t21-,22?,23?,36+/m1/s1. The third kappa shape index (κ3) is 5.56. The van der Waals surface area contributed by atoms with Gasteiger partial charge in [0.15, 0.2) is 5.82 Å². The Balaban J connectivity index is 1.34. The Morgan fingerprint density at radius 2 is 1.88 bits per heavy atom. The van der Waals surface area contributed by atoms with Crippen molar-refractivity contribution >= 4 is 27.5 Å². The number of alkyl halides is 1. The lowest BCUT2D eigenvalue weighted by molar-refractivity contribution is 0.107. The van der Waals surface area contributed by atoms with Gasteiger partial charge < -0.3 is 29.5 Å². The number of phenolic OH excluding ortho intramolecular Hbond substituents is 1. The van der Waals surface area contributed by atoms with Crippen molar-refractivity contribution in [2.75, 3.05) is 58.0 Å². The molecule has 4 aliphatic rings. The summed E-state index contributed by atoms with van der Waals surface area (Å²) in [7, 11) is 1.54. The van der Waals surface area contributed by atoms with Gasteiger partial charge in [-0.2, -0.15) is 9.97 Å². The van der Waals surface area contributed by atoms with Crippen molar-refractivity contribution in [1.82, 2.24) is 25.2 Å². The predicted molar refractivity (Wildman–Crippen MR) is 178 cm³/mol. The molecule has 0 saturated carbocycles. The van der Waals surface area contributed by atoms with Crippen molar-refractivity contribution in [3.8, 4) is 41.2 Å². The quantitative estimate of drug-likeness (QED) is 0.191. The van der Waals surface area contributed by atoms with Gasteiger partial charge in [0.1, 0.15) is 53.4 Å². The van der Waals surface area contributed by atoms with Gasteiger partial charge in [-0.3, -0.25) is 4.90 Å². The molecule has 0 spiro atoms. The van der Waals surface area contributed by atoms with Crippen LogP contribution in [0.3, 0.4) is 0 Å². The number of halogens is 3. The first-order valence-corrected chi connectivity index (χ1v) is 16.7. The Bertz CT molecular complexity index is 1980. The van der Waals surface area contributed by atoms with Crippen molar-refractivity contribution in [2.24, 2.45) is 0 Å². The zero-order valence-electron chi connectivity index (χ0n) is 27.1. The molecule has 0 aliphatic carbocycles. The van der Waals surface area contributed by atoms with Crippen LogP contribution in [0.25, 0.3) is 32.9 Å². The second-order valence-corrected chi connectivity index (χ2v) is 13.5. The van der Waals surface area contributed by atoms with E-state index in [-0.39, 0.29) is 82.7 Å². The summed E-state index contributed by atoms with van der Waals surface area (Å²) in [6.07, 6.45) is 8.88. The van der Waals surface area contributed by atoms with Crippen LogP contribution in [0.1, 0.15) is 37.7 Å². The lowest BCUT2D eigenvalue weighted by Crippen LogP contribution is -2.51. The first-order chi connectivity index (χ1) is 23.8. The van der Waals surface area contributed by atoms with Crippen molar-refractivity contribution in [1.29, 1.82) is 0 Å². The summed E-state index contributed by atoms with van der Waals surface area (Å²) >= 11 is 0. The van der Waals surface area contributed by atoms with Crippen molar-refractivity contribution < 1.29 is 32.5 Å². The Morgan fingerprint density at radius 3 is 2.65 bits per heavy atom. The van der Waals surface area contributed by atoms with Crippen molar-refractivity contribution in [3.63, 3.8) is 0 Å². The van der Waals surface area contributed by atoms with E-state index in [0.29, 0.717) is 37.3 Å². The number of nitrogens with zero attached hydrogens (tertiary/aromatic N) is 5. The van der Waals surface area contributed by atoms with Crippen LogP contribution in [-0.2, 0) is 4.74 Å². The molecule has 13 heteroatoms. The van der Waals surface area contributed by atoms with E-state index in [4.69, 9.17) is 25.6 Å². The number of anilines is 1. The van der Waals surface area contributed by atoms with E-state index in [1.54, 1.807) is 0 Å². The zero-order chi connectivity index (χ0) is 33.9. The largest absolute Gasteiger partial charge is 0.508 e. The maximum atomic E-state index is 17.2. The Hall–Kier alpha value is -4.38. The molecule has 0 radical (unpaired) electrons. The highest BCUT2D eigenvalue weighted by molar-refractivity contribution is 6.04. The zero-order valence-corrected chi connectivity index (χ0v) is 27.1. The van der Waals surface area contributed by atoms with Gasteiger partial charge in [0.25, 0.3) is 0 Å². The average molecular weight is 675 g/mol. The highest BCUT2D eigenvalue weighted by Crippen LogP contribution is 2.44. The molecule has 4 aliphatic heterocycles. The summed E-state index contributed by atoms with van der Waals surface area (Å²) in [4.78, 5) is 18.4. The number of methoxy groups -OCH3 is 1. The normalized spacial score (nSPS) is 24.9. The van der Waals surface area contributed by atoms with Crippen LogP contribution >= 0.6 is 0 Å². The van der Waals surface area contributed by atoms with Crippen LogP contribution in [-0.4, -0.2) is 102 Å². The van der Waals surface area contributed by atoms with E-state index < -0.39 is 23.3 Å². The highest BCUT2D eigenvalue weighted by Gasteiger charge is 2.49. The van der Waals surface area contributed by atoms with Gasteiger partial charge in [0, 0.05) is 56.2 Å². The Morgan fingerprint density at radius 1 is 1.06 bits per heavy atom. The van der Waals surface area contributed by atoms with E-state index >= 15 is 8.78 Å². The number of aromatic nitrogens is 3. The number of piperazine rings is 1. The predicted octanol–water partition coefficient (Wildman–Crippen LogP) is 4.73. The van der Waals surface area contributed by atoms with Gasteiger partial charge in [0.05, 0.1) is 17.7 Å². The lowest BCUT2D eigenvalue weighted by atomic mass is 9.95. The van der Waals surface area contributed by atoms with E-state index in [1.165, 1.54) is 31.4 Å². The summed E-state index contributed by atoms with van der Waals surface area (Å²) in [6.45, 7) is 2.85. The van der Waals surface area contributed by atoms with E-state index in [9.17, 15) is 9.50 Å². The molecular weight excluding hydrogens is 637 g/mol. The fraction of sp³-hybridized carbons (Fsp3) is 0.472. The number of hydrogen-bond acceptors (Lipinski definition) is 10. The molecule has 4 atom stereocenters. The molecule has 2 aromatic carbocycles. The second-order valence-electron chi connectivity index (χ2n) is 13.5. The number of fused-ring (bicyclic) bond motifs is 5. The number of phenols is 1. The number of terminal acetylenes is 1. The van der Waals surface area contributed by atoms with Gasteiger partial charge in [-0.25, -0.2) is 18.2 Å². The Labute approximate surface area is 281 Å². The molecule has 6 heterocycles. The number of rotatable bonds is 9. The van der Waals surface area contributed by atoms with Crippen molar-refractivity contribution in [2.45, 2.75) is 55.9 Å². The van der Waals surface area contributed by atoms with Crippen LogP contribution in [0, 0.1) is 24.0 Å². The van der Waals surface area contributed by atoms with Crippen LogP contribution in [0.4, 0.5) is 19.0 Å². The molecule has 49 heavy (non-hydrogen) atoms. The number of ether oxygens (including phenoxy) is 3. The first-order valence-electron chi connectivity index (χ1n) is 16.7. The third-order valence-electron chi connectivity index (χ3n) is 10.4. The van der Waals surface area contributed by atoms with Crippen LogP contribution < -0.4 is 19.7 Å². The topological polar surface area (TPSA) is 105 Å². The first kappa shape index (κ1) is 31.9. The number of nitrogens with one attached hydrogen (secondary N) is 1. The molecule has 4 aromatic rings. The monoisotopic (exact) mass is 674 g/mol. The molecule has 0 amide bonds. The summed E-state index contributed by atoms with van der Waals surface area (Å²) in [5.74, 6) is 1.13. The molecule has 2 bridgehead atoms. The number of aromatic hydroxyl groups is 1.